The molecule has 2 aromatic carbocycles. The monoisotopic (exact) mass is 503 g/mol. The zero-order valence-electron chi connectivity index (χ0n) is 18.5. The third-order valence-electron chi connectivity index (χ3n) is 4.92. The van der Waals surface area contributed by atoms with Gasteiger partial charge in [0.05, 0.1) is 16.8 Å². The van der Waals surface area contributed by atoms with Crippen molar-refractivity contribution in [2.45, 2.75) is 39.0 Å². The molecule has 0 atom stereocenters. The van der Waals surface area contributed by atoms with E-state index in [1.165, 1.54) is 48.9 Å². The summed E-state index contributed by atoms with van der Waals surface area (Å²) in [4.78, 5) is 0. The van der Waals surface area contributed by atoms with Gasteiger partial charge >= 0.3 is 6.18 Å². The number of alkyl halides is 4. The topological polar surface area (TPSA) is 73.2 Å². The number of nitrogens with zero attached hydrogens (tertiary/aromatic N) is 2. The number of nitrogens with one attached hydrogen (secondary N) is 1. The van der Waals surface area contributed by atoms with E-state index < -0.39 is 39.1 Å². The Bertz CT molecular complexity index is 1270. The van der Waals surface area contributed by atoms with Crippen molar-refractivity contribution < 1.29 is 35.1 Å². The van der Waals surface area contributed by atoms with Crippen molar-refractivity contribution in [1.29, 1.82) is 0 Å². The Morgan fingerprint density at radius 3 is 2.24 bits per heavy atom. The fourth-order valence-electron chi connectivity index (χ4n) is 3.26. The molecule has 184 valence electrons. The van der Waals surface area contributed by atoms with Crippen LogP contribution in [0.25, 0.3) is 11.3 Å². The molecular weight excluding hydrogens is 481 g/mol. The van der Waals surface area contributed by atoms with Crippen LogP contribution in [-0.2, 0) is 28.3 Å². The standard InChI is InChI=1S/C22H22F5N3O3S/c1-4-30-20(33-18-7-5-15(6-8-18)22(25,26)27)12-19(28-30)14-9-16(11-17(24)10-14)21(2,3)29-34(31,32)13-23/h5-12,29H,4,13H2,1-3H3. The molecule has 3 aromatic rings. The van der Waals surface area contributed by atoms with E-state index in [2.05, 4.69) is 9.82 Å². The lowest BCUT2D eigenvalue weighted by Crippen LogP contribution is -2.41. The van der Waals surface area contributed by atoms with Crippen LogP contribution < -0.4 is 9.46 Å². The smallest absolute Gasteiger partial charge is 0.416 e. The number of aryl methyl sites for hydroxylation is 1. The molecule has 1 aromatic heterocycles. The summed E-state index contributed by atoms with van der Waals surface area (Å²) in [6, 6.07) is 7.82. The zero-order valence-corrected chi connectivity index (χ0v) is 19.3. The third-order valence-corrected chi connectivity index (χ3v) is 6.02. The molecule has 0 aliphatic carbocycles. The molecule has 0 bridgehead atoms. The minimum absolute atomic E-state index is 0.149. The molecule has 1 N–H and O–H groups in total. The molecule has 0 fully saturated rings. The Morgan fingerprint density at radius 1 is 1.03 bits per heavy atom. The van der Waals surface area contributed by atoms with Gasteiger partial charge in [-0.1, -0.05) is 0 Å². The normalized spacial score (nSPS) is 12.7. The summed E-state index contributed by atoms with van der Waals surface area (Å²) in [7, 11) is -4.22. The van der Waals surface area contributed by atoms with E-state index in [0.29, 0.717) is 12.1 Å². The second-order valence-corrected chi connectivity index (χ2v) is 9.64. The molecule has 0 saturated heterocycles. The number of halogens is 5. The van der Waals surface area contributed by atoms with Gasteiger partial charge in [0.2, 0.25) is 21.9 Å². The maximum atomic E-state index is 14.4. The quantitative estimate of drug-likeness (QED) is 0.406. The number of sulfonamides is 1. The first-order valence-electron chi connectivity index (χ1n) is 10.1. The Balaban J connectivity index is 1.94. The van der Waals surface area contributed by atoms with Crippen LogP contribution in [0.15, 0.2) is 48.5 Å². The molecule has 0 spiro atoms. The fraction of sp³-hybridized carbons (Fsp3) is 0.318. The van der Waals surface area contributed by atoms with Crippen LogP contribution in [0.4, 0.5) is 22.0 Å². The summed E-state index contributed by atoms with van der Waals surface area (Å²) in [6.45, 7) is 5.04. The van der Waals surface area contributed by atoms with Gasteiger partial charge in [0.15, 0.2) is 0 Å². The van der Waals surface area contributed by atoms with E-state index in [1.807, 2.05) is 0 Å². The zero-order chi connectivity index (χ0) is 25.3. The van der Waals surface area contributed by atoms with Crippen LogP contribution in [0.3, 0.4) is 0 Å². The van der Waals surface area contributed by atoms with Gasteiger partial charge in [-0.2, -0.15) is 18.3 Å². The van der Waals surface area contributed by atoms with Gasteiger partial charge in [0.25, 0.3) is 0 Å². The molecule has 1 heterocycles. The molecule has 12 heteroatoms. The first-order chi connectivity index (χ1) is 15.7. The number of hydrogen-bond acceptors (Lipinski definition) is 4. The van der Waals surface area contributed by atoms with Crippen molar-refractivity contribution in [3.05, 3.63) is 65.5 Å². The van der Waals surface area contributed by atoms with Crippen LogP contribution in [0.1, 0.15) is 31.9 Å². The van der Waals surface area contributed by atoms with Crippen molar-refractivity contribution >= 4 is 10.0 Å². The lowest BCUT2D eigenvalue weighted by molar-refractivity contribution is -0.137. The van der Waals surface area contributed by atoms with Crippen molar-refractivity contribution in [3.63, 3.8) is 0 Å². The van der Waals surface area contributed by atoms with Crippen LogP contribution in [-0.4, -0.2) is 24.2 Å². The van der Waals surface area contributed by atoms with Crippen molar-refractivity contribution in [2.24, 2.45) is 0 Å². The number of rotatable bonds is 8. The molecule has 0 aliphatic heterocycles. The van der Waals surface area contributed by atoms with Gasteiger partial charge in [0.1, 0.15) is 11.6 Å². The average molecular weight is 503 g/mol. The molecule has 0 radical (unpaired) electrons. The highest BCUT2D eigenvalue weighted by atomic mass is 32.2. The number of benzene rings is 2. The second kappa shape index (κ2) is 9.34. The largest absolute Gasteiger partial charge is 0.439 e. The Hall–Kier alpha value is -2.99. The van der Waals surface area contributed by atoms with Gasteiger partial charge in [-0.25, -0.2) is 26.6 Å². The van der Waals surface area contributed by atoms with Gasteiger partial charge in [0, 0.05) is 18.2 Å². The van der Waals surface area contributed by atoms with Gasteiger partial charge < -0.3 is 4.74 Å². The predicted molar refractivity (Wildman–Crippen MR) is 116 cm³/mol. The van der Waals surface area contributed by atoms with Crippen LogP contribution in [0.5, 0.6) is 11.6 Å². The number of ether oxygens (including phenoxy) is 1. The summed E-state index contributed by atoms with van der Waals surface area (Å²) in [5.41, 5.74) is -1.33. The van der Waals surface area contributed by atoms with Crippen LogP contribution in [0.2, 0.25) is 0 Å². The minimum atomic E-state index is -4.47. The maximum Gasteiger partial charge on any atom is 0.416 e. The SMILES string of the molecule is CCn1nc(-c2cc(F)cc(C(C)(C)NS(=O)(=O)CF)c2)cc1Oc1ccc(C(F)(F)F)cc1. The molecule has 6 nitrogen and oxygen atoms in total. The summed E-state index contributed by atoms with van der Waals surface area (Å²) in [6.07, 6.45) is -4.47. The first-order valence-corrected chi connectivity index (χ1v) is 11.7. The van der Waals surface area contributed by atoms with E-state index >= 15 is 0 Å². The molecule has 0 saturated carbocycles. The third kappa shape index (κ3) is 5.92. The Morgan fingerprint density at radius 2 is 1.68 bits per heavy atom. The molecule has 3 rings (SSSR count). The van der Waals surface area contributed by atoms with Crippen molar-refractivity contribution in [3.8, 4) is 22.9 Å². The molecule has 0 unspecified atom stereocenters. The average Bonchev–Trinajstić information content (AvgIpc) is 3.15. The summed E-state index contributed by atoms with van der Waals surface area (Å²) in [5.74, 6) is -0.312. The highest BCUT2D eigenvalue weighted by molar-refractivity contribution is 7.89. The predicted octanol–water partition coefficient (Wildman–Crippen LogP) is 5.60. The highest BCUT2D eigenvalue weighted by Crippen LogP contribution is 2.33. The van der Waals surface area contributed by atoms with E-state index in [-0.39, 0.29) is 22.9 Å². The summed E-state index contributed by atoms with van der Waals surface area (Å²) in [5, 5.41) is 4.35. The van der Waals surface area contributed by atoms with E-state index in [9.17, 15) is 30.4 Å². The fourth-order valence-corrected chi connectivity index (χ4v) is 4.21. The molecule has 0 aliphatic rings. The first kappa shape index (κ1) is 25.6. The highest BCUT2D eigenvalue weighted by Gasteiger charge is 2.30. The lowest BCUT2D eigenvalue weighted by Gasteiger charge is -2.26. The Kier molecular flexibility index (Phi) is 7.04. The Labute approximate surface area is 193 Å². The minimum Gasteiger partial charge on any atom is -0.439 e. The van der Waals surface area contributed by atoms with Gasteiger partial charge in [-0.3, -0.25) is 0 Å². The van der Waals surface area contributed by atoms with Crippen LogP contribution >= 0.6 is 0 Å². The number of aromatic nitrogens is 2. The van der Waals surface area contributed by atoms with Crippen molar-refractivity contribution in [1.82, 2.24) is 14.5 Å². The van der Waals surface area contributed by atoms with Gasteiger partial charge in [-0.05, 0) is 68.8 Å². The summed E-state index contributed by atoms with van der Waals surface area (Å²) >= 11 is 0. The lowest BCUT2D eigenvalue weighted by atomic mass is 9.93. The molecule has 0 amide bonds. The maximum absolute atomic E-state index is 14.4. The molecular formula is C22H22F5N3O3S. The summed E-state index contributed by atoms with van der Waals surface area (Å²) < 4.78 is 98.2. The van der Waals surface area contributed by atoms with Crippen molar-refractivity contribution in [2.75, 3.05) is 6.01 Å². The second-order valence-electron chi connectivity index (χ2n) is 7.99. The number of hydrogen-bond donors (Lipinski definition) is 1. The van der Waals surface area contributed by atoms with Crippen LogP contribution in [0, 0.1) is 5.82 Å². The van der Waals surface area contributed by atoms with E-state index in [0.717, 1.165) is 18.2 Å². The molecule has 34 heavy (non-hydrogen) atoms. The van der Waals surface area contributed by atoms with E-state index in [4.69, 9.17) is 4.74 Å². The van der Waals surface area contributed by atoms with E-state index in [1.54, 1.807) is 6.92 Å². The van der Waals surface area contributed by atoms with Gasteiger partial charge in [-0.15, -0.1) is 0 Å².